The molecule has 0 bridgehead atoms. The molecule has 0 radical (unpaired) electrons. The molecule has 2 aromatic rings. The molecular formula is C20H22FNO8S. The molecule has 2 aromatic carbocycles. The van der Waals surface area contributed by atoms with Gasteiger partial charge < -0.3 is 24.6 Å². The molecule has 0 saturated heterocycles. The van der Waals surface area contributed by atoms with Crippen molar-refractivity contribution in [2.75, 3.05) is 26.1 Å². The molecule has 1 aliphatic heterocycles. The van der Waals surface area contributed by atoms with Gasteiger partial charge in [-0.2, -0.15) is 8.42 Å². The summed E-state index contributed by atoms with van der Waals surface area (Å²) in [7, 11) is -3.87. The molecule has 0 saturated carbocycles. The Morgan fingerprint density at radius 3 is 2.65 bits per heavy atom. The highest BCUT2D eigenvalue weighted by Gasteiger charge is 2.28. The second-order valence-electron chi connectivity index (χ2n) is 6.77. The summed E-state index contributed by atoms with van der Waals surface area (Å²) in [6.07, 6.45) is -1.62. The summed E-state index contributed by atoms with van der Waals surface area (Å²) in [6.45, 7) is -0.250. The van der Waals surface area contributed by atoms with Crippen molar-refractivity contribution in [3.8, 4) is 11.5 Å². The fraction of sp³-hybridized carbons (Fsp3) is 0.350. The van der Waals surface area contributed by atoms with E-state index in [0.717, 1.165) is 17.9 Å². The van der Waals surface area contributed by atoms with Crippen molar-refractivity contribution in [1.29, 1.82) is 0 Å². The number of nitrogens with one attached hydrogen (secondary N) is 1. The van der Waals surface area contributed by atoms with E-state index in [0.29, 0.717) is 0 Å². The predicted molar refractivity (Wildman–Crippen MR) is 107 cm³/mol. The van der Waals surface area contributed by atoms with Crippen LogP contribution in [0.15, 0.2) is 42.5 Å². The lowest BCUT2D eigenvalue weighted by atomic mass is 10.0. The van der Waals surface area contributed by atoms with Crippen LogP contribution in [-0.2, 0) is 25.6 Å². The van der Waals surface area contributed by atoms with Crippen LogP contribution in [0.4, 0.5) is 9.18 Å². The van der Waals surface area contributed by atoms with Gasteiger partial charge in [0.25, 0.3) is 10.1 Å². The van der Waals surface area contributed by atoms with Crippen LogP contribution in [0.5, 0.6) is 11.5 Å². The molecule has 2 N–H and O–H groups in total. The average molecular weight is 455 g/mol. The SMILES string of the molecule is CS(=O)(=O)OC[C@@H](NC(=O)OCc1ccccc1)[C@H](O)c1cc(F)c2c(c1)OCCO2. The number of carbonyl (C=O) groups excluding carboxylic acids is 1. The van der Waals surface area contributed by atoms with Crippen molar-refractivity contribution in [1.82, 2.24) is 5.32 Å². The van der Waals surface area contributed by atoms with Crippen LogP contribution in [0.2, 0.25) is 0 Å². The minimum absolute atomic E-state index is 0.0345. The summed E-state index contributed by atoms with van der Waals surface area (Å²) in [4.78, 5) is 12.2. The number of hydrogen-bond donors (Lipinski definition) is 2. The smallest absolute Gasteiger partial charge is 0.407 e. The van der Waals surface area contributed by atoms with Gasteiger partial charge in [-0.15, -0.1) is 0 Å². The molecule has 1 heterocycles. The second kappa shape index (κ2) is 9.94. The molecule has 11 heteroatoms. The van der Waals surface area contributed by atoms with Gasteiger partial charge in [0.05, 0.1) is 18.9 Å². The van der Waals surface area contributed by atoms with Crippen molar-refractivity contribution in [2.24, 2.45) is 0 Å². The van der Waals surface area contributed by atoms with Crippen molar-refractivity contribution in [3.63, 3.8) is 0 Å². The Hall–Kier alpha value is -2.89. The minimum atomic E-state index is -3.87. The zero-order valence-electron chi connectivity index (χ0n) is 16.6. The number of carbonyl (C=O) groups is 1. The molecule has 9 nitrogen and oxygen atoms in total. The molecule has 3 rings (SSSR count). The maximum Gasteiger partial charge on any atom is 0.407 e. The standard InChI is InChI=1S/C20H22FNO8S/c1-31(25,26)30-12-16(22-20(24)29-11-13-5-3-2-4-6-13)18(23)14-9-15(21)19-17(10-14)27-7-8-28-19/h2-6,9-10,16,18,23H,7-8,11-12H2,1H3,(H,22,24)/t16-,18-/m1/s1. The largest absolute Gasteiger partial charge is 0.486 e. The van der Waals surface area contributed by atoms with Crippen LogP contribution in [0, 0.1) is 5.82 Å². The van der Waals surface area contributed by atoms with E-state index in [2.05, 4.69) is 5.32 Å². The number of fused-ring (bicyclic) bond motifs is 1. The number of aliphatic hydroxyl groups excluding tert-OH is 1. The minimum Gasteiger partial charge on any atom is -0.486 e. The Bertz CT molecular complexity index is 1020. The monoisotopic (exact) mass is 455 g/mol. The number of hydrogen-bond acceptors (Lipinski definition) is 8. The summed E-state index contributed by atoms with van der Waals surface area (Å²) in [5.74, 6) is -0.753. The van der Waals surface area contributed by atoms with E-state index < -0.39 is 40.8 Å². The maximum atomic E-state index is 14.3. The first-order chi connectivity index (χ1) is 14.7. The number of halogens is 1. The first-order valence-electron chi connectivity index (χ1n) is 9.31. The lowest BCUT2D eigenvalue weighted by Crippen LogP contribution is -2.43. The van der Waals surface area contributed by atoms with Crippen LogP contribution in [-0.4, -0.2) is 51.7 Å². The summed E-state index contributed by atoms with van der Waals surface area (Å²) >= 11 is 0. The van der Waals surface area contributed by atoms with Gasteiger partial charge in [-0.05, 0) is 23.3 Å². The van der Waals surface area contributed by atoms with Crippen LogP contribution in [0.3, 0.4) is 0 Å². The summed E-state index contributed by atoms with van der Waals surface area (Å²) in [6, 6.07) is 9.98. The van der Waals surface area contributed by atoms with Crippen LogP contribution < -0.4 is 14.8 Å². The Morgan fingerprint density at radius 2 is 1.94 bits per heavy atom. The van der Waals surface area contributed by atoms with Gasteiger partial charge in [0.1, 0.15) is 25.9 Å². The van der Waals surface area contributed by atoms with Crippen LogP contribution >= 0.6 is 0 Å². The zero-order valence-corrected chi connectivity index (χ0v) is 17.4. The van der Waals surface area contributed by atoms with E-state index in [1.165, 1.54) is 6.07 Å². The lowest BCUT2D eigenvalue weighted by Gasteiger charge is -2.25. The molecule has 0 fully saturated rings. The lowest BCUT2D eigenvalue weighted by molar-refractivity contribution is 0.0821. The quantitative estimate of drug-likeness (QED) is 0.579. The number of amides is 1. The van der Waals surface area contributed by atoms with E-state index in [4.69, 9.17) is 18.4 Å². The summed E-state index contributed by atoms with van der Waals surface area (Å²) < 4.78 is 57.5. The van der Waals surface area contributed by atoms with Crippen molar-refractivity contribution in [3.05, 3.63) is 59.4 Å². The van der Waals surface area contributed by atoms with E-state index in [1.807, 2.05) is 6.07 Å². The van der Waals surface area contributed by atoms with Crippen molar-refractivity contribution < 1.29 is 41.1 Å². The van der Waals surface area contributed by atoms with E-state index >= 15 is 0 Å². The Balaban J connectivity index is 1.74. The van der Waals surface area contributed by atoms with Gasteiger partial charge in [-0.1, -0.05) is 30.3 Å². The van der Waals surface area contributed by atoms with Gasteiger partial charge in [0.2, 0.25) is 0 Å². The van der Waals surface area contributed by atoms with Crippen molar-refractivity contribution in [2.45, 2.75) is 18.8 Å². The van der Waals surface area contributed by atoms with Crippen LogP contribution in [0.25, 0.3) is 0 Å². The molecule has 31 heavy (non-hydrogen) atoms. The molecule has 0 spiro atoms. The topological polar surface area (TPSA) is 120 Å². The van der Waals surface area contributed by atoms with E-state index in [-0.39, 0.29) is 36.9 Å². The Kier molecular flexibility index (Phi) is 7.31. The highest BCUT2D eigenvalue weighted by molar-refractivity contribution is 7.85. The number of rotatable bonds is 8. The maximum absolute atomic E-state index is 14.3. The first kappa shape index (κ1) is 22.8. The summed E-state index contributed by atoms with van der Waals surface area (Å²) in [5.41, 5.74) is 0.767. The van der Waals surface area contributed by atoms with Crippen LogP contribution in [0.1, 0.15) is 17.2 Å². The normalized spacial score (nSPS) is 15.1. The second-order valence-corrected chi connectivity index (χ2v) is 8.42. The molecule has 2 atom stereocenters. The average Bonchev–Trinajstić information content (AvgIpc) is 2.75. The molecule has 0 aliphatic carbocycles. The van der Waals surface area contributed by atoms with E-state index in [9.17, 15) is 22.7 Å². The number of benzene rings is 2. The van der Waals surface area contributed by atoms with Gasteiger partial charge >= 0.3 is 6.09 Å². The molecule has 168 valence electrons. The zero-order chi connectivity index (χ0) is 22.4. The Labute approximate surface area is 178 Å². The number of ether oxygens (including phenoxy) is 3. The predicted octanol–water partition coefficient (Wildman–Crippen LogP) is 1.90. The molecule has 0 unspecified atom stereocenters. The van der Waals surface area contributed by atoms with Gasteiger partial charge in [0.15, 0.2) is 17.3 Å². The third-order valence-corrected chi connectivity index (χ3v) is 4.88. The molecule has 1 amide bonds. The van der Waals surface area contributed by atoms with Gasteiger partial charge in [0, 0.05) is 0 Å². The number of aliphatic hydroxyl groups is 1. The number of alkyl carbamates (subject to hydrolysis) is 1. The molecule has 1 aliphatic rings. The van der Waals surface area contributed by atoms with E-state index in [1.54, 1.807) is 24.3 Å². The first-order valence-corrected chi connectivity index (χ1v) is 11.1. The summed E-state index contributed by atoms with van der Waals surface area (Å²) in [5, 5.41) is 13.1. The highest BCUT2D eigenvalue weighted by Crippen LogP contribution is 2.36. The highest BCUT2D eigenvalue weighted by atomic mass is 32.2. The van der Waals surface area contributed by atoms with Gasteiger partial charge in [-0.25, -0.2) is 9.18 Å². The fourth-order valence-electron chi connectivity index (χ4n) is 2.86. The third-order valence-electron chi connectivity index (χ3n) is 4.32. The molecular weight excluding hydrogens is 433 g/mol. The Morgan fingerprint density at radius 1 is 1.23 bits per heavy atom. The van der Waals surface area contributed by atoms with Crippen molar-refractivity contribution >= 4 is 16.2 Å². The molecule has 0 aromatic heterocycles. The van der Waals surface area contributed by atoms with Gasteiger partial charge in [-0.3, -0.25) is 4.18 Å². The third kappa shape index (κ3) is 6.54. The fourth-order valence-corrected chi connectivity index (χ4v) is 3.25.